The van der Waals surface area contributed by atoms with Gasteiger partial charge in [0.2, 0.25) is 0 Å². The predicted octanol–water partition coefficient (Wildman–Crippen LogP) is 1.97. The summed E-state index contributed by atoms with van der Waals surface area (Å²) in [7, 11) is 3.41. The number of pyridine rings is 1. The molecule has 4 rings (SSSR count). The molecule has 0 spiro atoms. The molecule has 1 aromatic carbocycles. The molecule has 27 heavy (non-hydrogen) atoms. The van der Waals surface area contributed by atoms with Crippen molar-refractivity contribution in [2.75, 3.05) is 20.7 Å². The number of rotatable bonds is 5. The maximum Gasteiger partial charge on any atom is 0.321 e. The third-order valence-corrected chi connectivity index (χ3v) is 4.79. The van der Waals surface area contributed by atoms with Crippen LogP contribution >= 0.6 is 0 Å². The first kappa shape index (κ1) is 17.3. The van der Waals surface area contributed by atoms with Gasteiger partial charge in [-0.05, 0) is 25.2 Å². The number of ether oxygens (including phenoxy) is 2. The number of hydrogen-bond donors (Lipinski definition) is 1. The number of carbonyl (C=O) groups is 1. The lowest BCUT2D eigenvalue weighted by atomic mass is 10.1. The molecule has 0 aliphatic carbocycles. The zero-order valence-electron chi connectivity index (χ0n) is 15.1. The van der Waals surface area contributed by atoms with Crippen molar-refractivity contribution >= 4 is 16.9 Å². The molecule has 2 aromatic heterocycles. The number of carboxylic acids is 1. The number of benzene rings is 1. The molecular weight excluding hydrogens is 348 g/mol. The van der Waals surface area contributed by atoms with Crippen LogP contribution in [0.2, 0.25) is 0 Å². The number of fused-ring (bicyclic) bond motifs is 1. The van der Waals surface area contributed by atoms with E-state index in [4.69, 9.17) is 9.47 Å². The van der Waals surface area contributed by atoms with E-state index in [-0.39, 0.29) is 6.10 Å². The Bertz CT molecular complexity index is 973. The number of likely N-dealkylation sites (tertiary alicyclic amines) is 1. The fraction of sp³-hybridized carbons (Fsp3) is 0.316. The molecule has 3 aromatic rings. The fourth-order valence-corrected chi connectivity index (χ4v) is 3.42. The largest absolute Gasteiger partial charge is 0.497 e. The van der Waals surface area contributed by atoms with Crippen molar-refractivity contribution in [2.45, 2.75) is 18.6 Å². The van der Waals surface area contributed by atoms with Gasteiger partial charge < -0.3 is 14.6 Å². The van der Waals surface area contributed by atoms with Crippen LogP contribution in [0.1, 0.15) is 6.42 Å². The minimum Gasteiger partial charge on any atom is -0.497 e. The average Bonchev–Trinajstić information content (AvgIpc) is 3.31. The van der Waals surface area contributed by atoms with Gasteiger partial charge in [-0.1, -0.05) is 0 Å². The van der Waals surface area contributed by atoms with Crippen molar-refractivity contribution in [3.63, 3.8) is 0 Å². The molecule has 1 saturated heterocycles. The highest BCUT2D eigenvalue weighted by Gasteiger charge is 2.36. The smallest absolute Gasteiger partial charge is 0.321 e. The van der Waals surface area contributed by atoms with Gasteiger partial charge in [0, 0.05) is 42.9 Å². The Hall–Kier alpha value is -3.13. The minimum absolute atomic E-state index is 0.214. The van der Waals surface area contributed by atoms with Crippen molar-refractivity contribution in [3.05, 3.63) is 42.7 Å². The quantitative estimate of drug-likeness (QED) is 0.736. The van der Waals surface area contributed by atoms with Crippen molar-refractivity contribution in [1.29, 1.82) is 0 Å². The molecule has 0 saturated carbocycles. The van der Waals surface area contributed by atoms with Gasteiger partial charge in [-0.2, -0.15) is 5.10 Å². The maximum atomic E-state index is 11.4. The summed E-state index contributed by atoms with van der Waals surface area (Å²) in [6.07, 6.45) is 3.71. The van der Waals surface area contributed by atoms with Crippen LogP contribution < -0.4 is 9.47 Å². The summed E-state index contributed by atoms with van der Waals surface area (Å²) >= 11 is 0. The van der Waals surface area contributed by atoms with Crippen molar-refractivity contribution < 1.29 is 19.4 Å². The second kappa shape index (κ2) is 6.88. The molecule has 2 atom stereocenters. The number of methoxy groups -OCH3 is 1. The lowest BCUT2D eigenvalue weighted by Gasteiger charge is -2.17. The Morgan fingerprint density at radius 3 is 2.85 bits per heavy atom. The van der Waals surface area contributed by atoms with Gasteiger partial charge in [-0.3, -0.25) is 9.69 Å². The van der Waals surface area contributed by atoms with Crippen LogP contribution in [0.25, 0.3) is 16.7 Å². The van der Waals surface area contributed by atoms with E-state index in [0.29, 0.717) is 30.3 Å². The van der Waals surface area contributed by atoms with Gasteiger partial charge in [-0.15, -0.1) is 0 Å². The van der Waals surface area contributed by atoms with Gasteiger partial charge >= 0.3 is 5.97 Å². The average molecular weight is 368 g/mol. The number of carboxylic acid groups (broad SMARTS) is 1. The Balaban J connectivity index is 1.73. The van der Waals surface area contributed by atoms with Crippen LogP contribution in [-0.2, 0) is 4.79 Å². The Labute approximate surface area is 155 Å². The number of hydrogen-bond acceptors (Lipinski definition) is 6. The molecule has 8 heteroatoms. The van der Waals surface area contributed by atoms with Crippen LogP contribution in [0.5, 0.6) is 11.5 Å². The molecule has 3 heterocycles. The topological polar surface area (TPSA) is 89.7 Å². The number of likely N-dealkylation sites (N-methyl/N-ethyl adjacent to an activating group) is 1. The van der Waals surface area contributed by atoms with Gasteiger partial charge in [0.1, 0.15) is 23.6 Å². The molecule has 140 valence electrons. The summed E-state index contributed by atoms with van der Waals surface area (Å²) in [5.74, 6) is 1.14. The van der Waals surface area contributed by atoms with Crippen LogP contribution in [0.15, 0.2) is 42.7 Å². The minimum atomic E-state index is -0.829. The molecule has 0 amide bonds. The van der Waals surface area contributed by atoms with E-state index in [1.807, 2.05) is 36.5 Å². The fourth-order valence-electron chi connectivity index (χ4n) is 3.42. The van der Waals surface area contributed by atoms with E-state index >= 15 is 0 Å². The van der Waals surface area contributed by atoms with Gasteiger partial charge in [-0.25, -0.2) is 9.67 Å². The van der Waals surface area contributed by atoms with E-state index in [2.05, 4.69) is 10.1 Å². The number of aromatic nitrogens is 3. The van der Waals surface area contributed by atoms with Crippen LogP contribution in [-0.4, -0.2) is 63.6 Å². The van der Waals surface area contributed by atoms with E-state index < -0.39 is 12.0 Å². The Morgan fingerprint density at radius 1 is 1.33 bits per heavy atom. The van der Waals surface area contributed by atoms with Crippen molar-refractivity contribution in [3.8, 4) is 17.3 Å². The van der Waals surface area contributed by atoms with E-state index in [9.17, 15) is 9.90 Å². The number of nitrogens with zero attached hydrogens (tertiary/aromatic N) is 4. The summed E-state index contributed by atoms with van der Waals surface area (Å²) in [4.78, 5) is 17.8. The van der Waals surface area contributed by atoms with Crippen molar-refractivity contribution in [2.24, 2.45) is 0 Å². The van der Waals surface area contributed by atoms with Crippen molar-refractivity contribution in [1.82, 2.24) is 19.7 Å². The standard InChI is InChI=1S/C19H20N4O4/c1-22-11-13(9-16(22)19(24)25)27-17-10-18(23-7-3-6-20-23)21-15-8-12(26-2)4-5-14(15)17/h3-8,10,13,16H,9,11H2,1-2H3,(H,24,25). The Kier molecular flexibility index (Phi) is 4.41. The predicted molar refractivity (Wildman–Crippen MR) is 98.5 cm³/mol. The summed E-state index contributed by atoms with van der Waals surface area (Å²) in [6.45, 7) is 0.550. The first-order valence-corrected chi connectivity index (χ1v) is 8.63. The molecule has 2 unspecified atom stereocenters. The second-order valence-corrected chi connectivity index (χ2v) is 6.58. The molecule has 1 aliphatic rings. The van der Waals surface area contributed by atoms with E-state index in [1.165, 1.54) is 0 Å². The lowest BCUT2D eigenvalue weighted by molar-refractivity contribution is -0.141. The first-order valence-electron chi connectivity index (χ1n) is 8.63. The highest BCUT2D eigenvalue weighted by Crippen LogP contribution is 2.32. The Morgan fingerprint density at radius 2 is 2.19 bits per heavy atom. The van der Waals surface area contributed by atoms with E-state index in [1.54, 1.807) is 29.9 Å². The van der Waals surface area contributed by atoms with E-state index in [0.717, 1.165) is 10.9 Å². The third kappa shape index (κ3) is 3.31. The summed E-state index contributed by atoms with van der Waals surface area (Å²) < 4.78 is 13.2. The SMILES string of the molecule is COc1ccc2c(OC3CC(C(=O)O)N(C)C3)cc(-n3cccn3)nc2c1. The third-order valence-electron chi connectivity index (χ3n) is 4.79. The number of aliphatic carboxylic acids is 1. The normalized spacial score (nSPS) is 20.1. The highest BCUT2D eigenvalue weighted by molar-refractivity contribution is 5.87. The summed E-state index contributed by atoms with van der Waals surface area (Å²) in [5.41, 5.74) is 0.721. The van der Waals surface area contributed by atoms with Crippen LogP contribution in [0.4, 0.5) is 0 Å². The van der Waals surface area contributed by atoms with Crippen LogP contribution in [0, 0.1) is 0 Å². The van der Waals surface area contributed by atoms with Gasteiger partial charge in [0.05, 0.1) is 12.6 Å². The second-order valence-electron chi connectivity index (χ2n) is 6.58. The molecule has 8 nitrogen and oxygen atoms in total. The van der Waals surface area contributed by atoms with Gasteiger partial charge in [0.15, 0.2) is 5.82 Å². The molecule has 1 N–H and O–H groups in total. The monoisotopic (exact) mass is 368 g/mol. The summed E-state index contributed by atoms with van der Waals surface area (Å²) in [6, 6.07) is 8.71. The van der Waals surface area contributed by atoms with Gasteiger partial charge in [0.25, 0.3) is 0 Å². The highest BCUT2D eigenvalue weighted by atomic mass is 16.5. The molecular formula is C19H20N4O4. The first-order chi connectivity index (χ1) is 13.0. The molecule has 1 aliphatic heterocycles. The summed E-state index contributed by atoms with van der Waals surface area (Å²) in [5, 5.41) is 14.4. The zero-order chi connectivity index (χ0) is 19.0. The molecule has 0 bridgehead atoms. The zero-order valence-corrected chi connectivity index (χ0v) is 15.1. The van der Waals surface area contributed by atoms with Crippen LogP contribution in [0.3, 0.4) is 0 Å². The maximum absolute atomic E-state index is 11.4. The molecule has 0 radical (unpaired) electrons. The molecule has 1 fully saturated rings. The lowest BCUT2D eigenvalue weighted by Crippen LogP contribution is -2.32.